The third-order valence-electron chi connectivity index (χ3n) is 5.48. The molecule has 25 heavy (non-hydrogen) atoms. The Morgan fingerprint density at radius 3 is 2.40 bits per heavy atom. The molecule has 1 saturated carbocycles. The van der Waals surface area contributed by atoms with E-state index in [-0.39, 0.29) is 0 Å². The maximum atomic E-state index is 11.6. The normalized spacial score (nSPS) is 27.0. The van der Waals surface area contributed by atoms with Crippen LogP contribution in [0.1, 0.15) is 32.1 Å². The van der Waals surface area contributed by atoms with Crippen LogP contribution >= 0.6 is 0 Å². The molecule has 3 fully saturated rings. The molecule has 8 heteroatoms. The number of rotatable bonds is 6. The van der Waals surface area contributed by atoms with Gasteiger partial charge in [0.2, 0.25) is 10.0 Å². The first kappa shape index (κ1) is 18.9. The monoisotopic (exact) mass is 372 g/mol. The van der Waals surface area contributed by atoms with Gasteiger partial charge in [-0.25, -0.2) is 12.7 Å². The highest BCUT2D eigenvalue weighted by atomic mass is 32.2. The first-order chi connectivity index (χ1) is 12.0. The maximum absolute atomic E-state index is 11.6. The van der Waals surface area contributed by atoms with Gasteiger partial charge in [-0.05, 0) is 43.9 Å². The number of ether oxygens (including phenoxy) is 1. The second-order valence-electron chi connectivity index (χ2n) is 7.67. The fourth-order valence-corrected chi connectivity index (χ4v) is 4.54. The molecule has 7 nitrogen and oxygen atoms in total. The third-order valence-corrected chi connectivity index (χ3v) is 6.75. The Morgan fingerprint density at radius 1 is 1.12 bits per heavy atom. The SMILES string of the molecule is CN=C(NCC1CCN(S(C)(=O)=O)C1)N1CCC(OCC2CC2)CC1. The van der Waals surface area contributed by atoms with Crippen LogP contribution in [0.25, 0.3) is 0 Å². The van der Waals surface area contributed by atoms with Gasteiger partial charge in [0.05, 0.1) is 12.4 Å². The largest absolute Gasteiger partial charge is 0.378 e. The number of likely N-dealkylation sites (tertiary alicyclic amines) is 1. The average Bonchev–Trinajstić information content (AvgIpc) is 3.29. The minimum atomic E-state index is -3.06. The molecule has 2 saturated heterocycles. The zero-order chi connectivity index (χ0) is 17.9. The molecule has 1 N–H and O–H groups in total. The summed E-state index contributed by atoms with van der Waals surface area (Å²) in [6.07, 6.45) is 7.39. The van der Waals surface area contributed by atoms with Crippen LogP contribution in [-0.4, -0.2) is 82.3 Å². The van der Waals surface area contributed by atoms with E-state index in [2.05, 4.69) is 15.2 Å². The lowest BCUT2D eigenvalue weighted by Crippen LogP contribution is -2.48. The van der Waals surface area contributed by atoms with E-state index >= 15 is 0 Å². The van der Waals surface area contributed by atoms with Crippen molar-refractivity contribution in [1.29, 1.82) is 0 Å². The van der Waals surface area contributed by atoms with Crippen molar-refractivity contribution in [2.45, 2.75) is 38.2 Å². The summed E-state index contributed by atoms with van der Waals surface area (Å²) in [5.74, 6) is 2.11. The van der Waals surface area contributed by atoms with E-state index in [1.807, 2.05) is 7.05 Å². The first-order valence-electron chi connectivity index (χ1n) is 9.48. The number of piperidine rings is 1. The zero-order valence-electron chi connectivity index (χ0n) is 15.5. The van der Waals surface area contributed by atoms with Crippen LogP contribution in [0.2, 0.25) is 0 Å². The summed E-state index contributed by atoms with van der Waals surface area (Å²) in [6, 6.07) is 0. The molecule has 0 aromatic heterocycles. The van der Waals surface area contributed by atoms with E-state index < -0.39 is 10.0 Å². The van der Waals surface area contributed by atoms with Crippen LogP contribution < -0.4 is 5.32 Å². The number of hydrogen-bond acceptors (Lipinski definition) is 4. The predicted molar refractivity (Wildman–Crippen MR) is 99.2 cm³/mol. The Hall–Kier alpha value is -0.860. The highest BCUT2D eigenvalue weighted by Crippen LogP contribution is 2.30. The molecule has 2 heterocycles. The Bertz CT molecular complexity index is 568. The van der Waals surface area contributed by atoms with Crippen molar-refractivity contribution < 1.29 is 13.2 Å². The molecule has 1 unspecified atom stereocenters. The molecule has 0 aromatic carbocycles. The fraction of sp³-hybridized carbons (Fsp3) is 0.941. The molecule has 1 atom stereocenters. The maximum Gasteiger partial charge on any atom is 0.211 e. The summed E-state index contributed by atoms with van der Waals surface area (Å²) in [7, 11) is -1.25. The van der Waals surface area contributed by atoms with E-state index in [9.17, 15) is 8.42 Å². The van der Waals surface area contributed by atoms with Gasteiger partial charge in [-0.15, -0.1) is 0 Å². The minimum absolute atomic E-state index is 0.353. The summed E-state index contributed by atoms with van der Waals surface area (Å²) in [5.41, 5.74) is 0. The number of aliphatic imine (C=N–C) groups is 1. The molecule has 0 aromatic rings. The average molecular weight is 373 g/mol. The fourth-order valence-electron chi connectivity index (χ4n) is 3.62. The summed E-state index contributed by atoms with van der Waals surface area (Å²) in [5, 5.41) is 3.44. The van der Waals surface area contributed by atoms with Gasteiger partial charge < -0.3 is 15.0 Å². The Labute approximate surface area is 151 Å². The number of nitrogens with one attached hydrogen (secondary N) is 1. The minimum Gasteiger partial charge on any atom is -0.378 e. The van der Waals surface area contributed by atoms with Crippen molar-refractivity contribution in [3.63, 3.8) is 0 Å². The van der Waals surface area contributed by atoms with Crippen molar-refractivity contribution >= 4 is 16.0 Å². The molecule has 0 radical (unpaired) electrons. The molecular weight excluding hydrogens is 340 g/mol. The quantitative estimate of drug-likeness (QED) is 0.550. The van der Waals surface area contributed by atoms with E-state index in [4.69, 9.17) is 4.74 Å². The van der Waals surface area contributed by atoms with Gasteiger partial charge in [0.25, 0.3) is 0 Å². The van der Waals surface area contributed by atoms with Crippen molar-refractivity contribution in [2.24, 2.45) is 16.8 Å². The molecule has 3 rings (SSSR count). The van der Waals surface area contributed by atoms with Crippen molar-refractivity contribution in [2.75, 3.05) is 52.6 Å². The summed E-state index contributed by atoms with van der Waals surface area (Å²) < 4.78 is 30.8. The van der Waals surface area contributed by atoms with E-state index in [0.29, 0.717) is 25.1 Å². The standard InChI is InChI=1S/C17H32N4O3S/c1-18-17(19-11-15-5-10-21(12-15)25(2,22)23)20-8-6-16(7-9-20)24-13-14-3-4-14/h14-16H,3-13H2,1-2H3,(H,18,19). The number of guanidine groups is 1. The molecule has 144 valence electrons. The van der Waals surface area contributed by atoms with Crippen molar-refractivity contribution in [3.05, 3.63) is 0 Å². The second-order valence-corrected chi connectivity index (χ2v) is 9.65. The first-order valence-corrected chi connectivity index (χ1v) is 11.3. The number of nitrogens with zero attached hydrogens (tertiary/aromatic N) is 3. The topological polar surface area (TPSA) is 74.2 Å². The zero-order valence-corrected chi connectivity index (χ0v) is 16.3. The van der Waals surface area contributed by atoms with Gasteiger partial charge in [0.15, 0.2) is 5.96 Å². The van der Waals surface area contributed by atoms with Crippen LogP contribution in [0.15, 0.2) is 4.99 Å². The summed E-state index contributed by atoms with van der Waals surface area (Å²) in [6.45, 7) is 4.89. The Kier molecular flexibility index (Phi) is 6.22. The van der Waals surface area contributed by atoms with Gasteiger partial charge in [0.1, 0.15) is 0 Å². The summed E-state index contributed by atoms with van der Waals surface area (Å²) >= 11 is 0. The van der Waals surface area contributed by atoms with Crippen LogP contribution in [-0.2, 0) is 14.8 Å². The van der Waals surface area contributed by atoms with E-state index in [0.717, 1.165) is 57.4 Å². The van der Waals surface area contributed by atoms with Gasteiger partial charge in [-0.1, -0.05) is 0 Å². The summed E-state index contributed by atoms with van der Waals surface area (Å²) in [4.78, 5) is 6.70. The van der Waals surface area contributed by atoms with Crippen molar-refractivity contribution in [3.8, 4) is 0 Å². The van der Waals surface area contributed by atoms with E-state index in [1.54, 1.807) is 4.31 Å². The predicted octanol–water partition coefficient (Wildman–Crippen LogP) is 0.734. The molecule has 1 aliphatic carbocycles. The Balaban J connectivity index is 1.38. The lowest BCUT2D eigenvalue weighted by Gasteiger charge is -2.34. The molecule has 3 aliphatic rings. The second kappa shape index (κ2) is 8.22. The van der Waals surface area contributed by atoms with Gasteiger partial charge >= 0.3 is 0 Å². The van der Waals surface area contributed by atoms with Gasteiger partial charge in [-0.2, -0.15) is 0 Å². The Morgan fingerprint density at radius 2 is 1.84 bits per heavy atom. The number of sulfonamides is 1. The van der Waals surface area contributed by atoms with Gasteiger partial charge in [-0.3, -0.25) is 4.99 Å². The van der Waals surface area contributed by atoms with Crippen LogP contribution in [0.4, 0.5) is 0 Å². The highest BCUT2D eigenvalue weighted by molar-refractivity contribution is 7.88. The van der Waals surface area contributed by atoms with Crippen LogP contribution in [0.5, 0.6) is 0 Å². The molecule has 0 bridgehead atoms. The van der Waals surface area contributed by atoms with E-state index in [1.165, 1.54) is 19.1 Å². The highest BCUT2D eigenvalue weighted by Gasteiger charge is 2.29. The molecule has 2 aliphatic heterocycles. The van der Waals surface area contributed by atoms with Crippen LogP contribution in [0, 0.1) is 11.8 Å². The van der Waals surface area contributed by atoms with Crippen molar-refractivity contribution in [1.82, 2.24) is 14.5 Å². The number of hydrogen-bond donors (Lipinski definition) is 1. The molecule has 0 amide bonds. The lowest BCUT2D eigenvalue weighted by atomic mass is 10.1. The lowest BCUT2D eigenvalue weighted by molar-refractivity contribution is 0.0131. The smallest absolute Gasteiger partial charge is 0.211 e. The molecular formula is C17H32N4O3S. The van der Waals surface area contributed by atoms with Gasteiger partial charge in [0, 0.05) is 46.4 Å². The third kappa shape index (κ3) is 5.56. The van der Waals surface area contributed by atoms with Crippen LogP contribution in [0.3, 0.4) is 0 Å². The molecule has 0 spiro atoms.